The van der Waals surface area contributed by atoms with Crippen LogP contribution in [0.2, 0.25) is 0 Å². The van der Waals surface area contributed by atoms with Crippen LogP contribution in [-0.2, 0) is 15.1 Å². The van der Waals surface area contributed by atoms with E-state index in [9.17, 15) is 9.59 Å². The van der Waals surface area contributed by atoms with Gasteiger partial charge in [-0.25, -0.2) is 4.79 Å². The maximum atomic E-state index is 12.5. The molecule has 8 heteroatoms. The fraction of sp³-hybridized carbons (Fsp3) is 0.185. The summed E-state index contributed by atoms with van der Waals surface area (Å²) < 4.78 is 11.4. The van der Waals surface area contributed by atoms with Gasteiger partial charge in [-0.3, -0.25) is 14.8 Å². The van der Waals surface area contributed by atoms with Crippen molar-refractivity contribution < 1.29 is 19.1 Å². The molecule has 0 atom stereocenters. The van der Waals surface area contributed by atoms with Crippen LogP contribution in [0.25, 0.3) is 6.08 Å². The molecule has 2 aliphatic heterocycles. The summed E-state index contributed by atoms with van der Waals surface area (Å²) in [5, 5.41) is 6.03. The zero-order valence-electron chi connectivity index (χ0n) is 19.4. The van der Waals surface area contributed by atoms with E-state index in [0.717, 1.165) is 35.7 Å². The molecule has 0 saturated carbocycles. The lowest BCUT2D eigenvalue weighted by atomic mass is 9.95. The number of carbonyl (C=O) groups excluding carboxylic acids is 2. The number of ether oxygens (including phenoxy) is 2. The van der Waals surface area contributed by atoms with Crippen molar-refractivity contribution in [2.45, 2.75) is 19.4 Å². The number of rotatable bonds is 6. The maximum Gasteiger partial charge on any atom is 0.339 e. The number of fused-ring (bicyclic) bond motifs is 1. The molecule has 0 spiro atoms. The molecule has 0 bridgehead atoms. The van der Waals surface area contributed by atoms with Gasteiger partial charge in [0.25, 0.3) is 0 Å². The van der Waals surface area contributed by atoms with Crippen LogP contribution in [0.3, 0.4) is 0 Å². The van der Waals surface area contributed by atoms with E-state index >= 15 is 0 Å². The quantitative estimate of drug-likeness (QED) is 0.414. The number of aromatic nitrogens is 1. The average Bonchev–Trinajstić information content (AvgIpc) is 3.45. The molecular weight excluding hydrogens is 444 g/mol. The minimum atomic E-state index is -0.722. The number of benzene rings is 2. The second-order valence-corrected chi connectivity index (χ2v) is 8.69. The molecule has 0 saturated heterocycles. The summed E-state index contributed by atoms with van der Waals surface area (Å²) in [5.74, 6) is 1.41. The van der Waals surface area contributed by atoms with Gasteiger partial charge in [0.15, 0.2) is 0 Å². The van der Waals surface area contributed by atoms with Crippen LogP contribution in [-0.4, -0.2) is 35.8 Å². The molecule has 2 aliphatic rings. The molecule has 1 aromatic heterocycles. The normalized spacial score (nSPS) is 15.8. The van der Waals surface area contributed by atoms with Crippen LogP contribution in [0.4, 0.5) is 5.69 Å². The Morgan fingerprint density at radius 1 is 1.14 bits per heavy atom. The number of anilines is 1. The number of nitrogens with zero attached hydrogens (tertiary/aromatic N) is 2. The minimum absolute atomic E-state index is 0.289. The summed E-state index contributed by atoms with van der Waals surface area (Å²) in [6, 6.07) is 16.2. The SMILES string of the molecule is CC1(C)OC(=O)c2ccc(NC(=O)C=Cc3cccc(Oc4ccnc(C5=NCCN5)c4)c3)cc21. The molecule has 0 radical (unpaired) electrons. The number of hydrogen-bond acceptors (Lipinski definition) is 7. The number of amides is 1. The lowest BCUT2D eigenvalue weighted by Crippen LogP contribution is -2.20. The first-order chi connectivity index (χ1) is 16.9. The first-order valence-corrected chi connectivity index (χ1v) is 11.3. The minimum Gasteiger partial charge on any atom is -0.457 e. The molecule has 0 unspecified atom stereocenters. The Bertz CT molecular complexity index is 1380. The van der Waals surface area contributed by atoms with Gasteiger partial charge < -0.3 is 20.1 Å². The molecule has 35 heavy (non-hydrogen) atoms. The molecule has 5 rings (SSSR count). The first-order valence-electron chi connectivity index (χ1n) is 11.3. The van der Waals surface area contributed by atoms with Crippen molar-refractivity contribution in [2.75, 3.05) is 18.4 Å². The topological polar surface area (TPSA) is 102 Å². The second kappa shape index (κ2) is 9.06. The number of nitrogens with one attached hydrogen (secondary N) is 2. The van der Waals surface area contributed by atoms with Gasteiger partial charge in [0.2, 0.25) is 5.91 Å². The Balaban J connectivity index is 1.25. The number of amidine groups is 1. The smallest absolute Gasteiger partial charge is 0.339 e. The number of pyridine rings is 1. The molecular formula is C27H24N4O4. The third kappa shape index (κ3) is 4.91. The van der Waals surface area contributed by atoms with E-state index in [1.54, 1.807) is 36.5 Å². The van der Waals surface area contributed by atoms with Gasteiger partial charge in [-0.05, 0) is 61.9 Å². The summed E-state index contributed by atoms with van der Waals surface area (Å²) >= 11 is 0. The summed E-state index contributed by atoms with van der Waals surface area (Å²) in [5.41, 5.74) is 2.69. The van der Waals surface area contributed by atoms with Crippen LogP contribution in [0.1, 0.15) is 41.0 Å². The van der Waals surface area contributed by atoms with E-state index in [-0.39, 0.29) is 11.9 Å². The summed E-state index contributed by atoms with van der Waals surface area (Å²) in [6.07, 6.45) is 4.85. The average molecular weight is 469 g/mol. The Morgan fingerprint density at radius 2 is 2.00 bits per heavy atom. The molecule has 0 aliphatic carbocycles. The number of cyclic esters (lactones) is 1. The van der Waals surface area contributed by atoms with Gasteiger partial charge in [-0.2, -0.15) is 0 Å². The third-order valence-electron chi connectivity index (χ3n) is 5.67. The standard InChI is InChI=1S/C27H24N4O4/c1-27(2)22-15-18(7-8-21(22)26(33)35-27)31-24(32)9-6-17-4-3-5-19(14-17)34-20-10-11-28-23(16-20)25-29-12-13-30-25/h3-11,14-16H,12-13H2,1-2H3,(H,29,30)(H,31,32). The van der Waals surface area contributed by atoms with Crippen LogP contribution in [0.15, 0.2) is 71.9 Å². The van der Waals surface area contributed by atoms with E-state index in [0.29, 0.717) is 22.7 Å². The number of aliphatic imine (C=N–C) groups is 1. The largest absolute Gasteiger partial charge is 0.457 e. The Morgan fingerprint density at radius 3 is 2.83 bits per heavy atom. The summed E-state index contributed by atoms with van der Waals surface area (Å²) in [6.45, 7) is 5.19. The molecule has 2 N–H and O–H groups in total. The second-order valence-electron chi connectivity index (χ2n) is 8.69. The maximum absolute atomic E-state index is 12.5. The summed E-state index contributed by atoms with van der Waals surface area (Å²) in [7, 11) is 0. The predicted octanol–water partition coefficient (Wildman–Crippen LogP) is 4.28. The van der Waals surface area contributed by atoms with Gasteiger partial charge in [0.1, 0.15) is 28.6 Å². The van der Waals surface area contributed by atoms with E-state index in [1.807, 2.05) is 44.2 Å². The van der Waals surface area contributed by atoms with E-state index in [1.165, 1.54) is 6.08 Å². The number of esters is 1. The Labute approximate surface area is 202 Å². The highest BCUT2D eigenvalue weighted by Crippen LogP contribution is 2.37. The lowest BCUT2D eigenvalue weighted by Gasteiger charge is -2.18. The van der Waals surface area contributed by atoms with Crippen LogP contribution in [0, 0.1) is 0 Å². The fourth-order valence-electron chi connectivity index (χ4n) is 3.99. The Hall–Kier alpha value is -4.46. The highest BCUT2D eigenvalue weighted by atomic mass is 16.6. The molecule has 176 valence electrons. The summed E-state index contributed by atoms with van der Waals surface area (Å²) in [4.78, 5) is 33.2. The van der Waals surface area contributed by atoms with Crippen molar-refractivity contribution in [2.24, 2.45) is 4.99 Å². The van der Waals surface area contributed by atoms with Gasteiger partial charge >= 0.3 is 5.97 Å². The monoisotopic (exact) mass is 468 g/mol. The highest BCUT2D eigenvalue weighted by molar-refractivity contribution is 6.03. The molecule has 8 nitrogen and oxygen atoms in total. The Kier molecular flexibility index (Phi) is 5.78. The molecule has 3 heterocycles. The first kappa shape index (κ1) is 22.3. The fourth-order valence-corrected chi connectivity index (χ4v) is 3.99. The van der Waals surface area contributed by atoms with Crippen LogP contribution < -0.4 is 15.4 Å². The van der Waals surface area contributed by atoms with Crippen LogP contribution in [0.5, 0.6) is 11.5 Å². The van der Waals surface area contributed by atoms with E-state index in [4.69, 9.17) is 9.47 Å². The van der Waals surface area contributed by atoms with Crippen molar-refractivity contribution in [3.05, 3.63) is 89.3 Å². The van der Waals surface area contributed by atoms with Crippen molar-refractivity contribution in [1.29, 1.82) is 0 Å². The van der Waals surface area contributed by atoms with Crippen molar-refractivity contribution in [3.8, 4) is 11.5 Å². The van der Waals surface area contributed by atoms with E-state index in [2.05, 4.69) is 20.6 Å². The van der Waals surface area contributed by atoms with Gasteiger partial charge in [-0.15, -0.1) is 0 Å². The van der Waals surface area contributed by atoms with Crippen molar-refractivity contribution in [3.63, 3.8) is 0 Å². The van der Waals surface area contributed by atoms with Gasteiger partial charge in [0.05, 0.1) is 12.1 Å². The van der Waals surface area contributed by atoms with Crippen LogP contribution >= 0.6 is 0 Å². The predicted molar refractivity (Wildman–Crippen MR) is 133 cm³/mol. The number of carbonyl (C=O) groups is 2. The third-order valence-corrected chi connectivity index (χ3v) is 5.67. The van der Waals surface area contributed by atoms with Crippen molar-refractivity contribution >= 4 is 29.5 Å². The molecule has 0 fully saturated rings. The van der Waals surface area contributed by atoms with Gasteiger partial charge in [-0.1, -0.05) is 12.1 Å². The zero-order chi connectivity index (χ0) is 24.4. The molecule has 3 aromatic rings. The number of hydrogen-bond donors (Lipinski definition) is 2. The van der Waals surface area contributed by atoms with Gasteiger partial charge in [0, 0.05) is 36.1 Å². The lowest BCUT2D eigenvalue weighted by molar-refractivity contribution is -0.111. The highest BCUT2D eigenvalue weighted by Gasteiger charge is 2.37. The zero-order valence-corrected chi connectivity index (χ0v) is 19.4. The molecule has 1 amide bonds. The molecule has 2 aromatic carbocycles. The van der Waals surface area contributed by atoms with E-state index < -0.39 is 5.60 Å². The van der Waals surface area contributed by atoms with Crippen molar-refractivity contribution in [1.82, 2.24) is 10.3 Å².